The fourth-order valence-corrected chi connectivity index (χ4v) is 3.52. The maximum absolute atomic E-state index is 13.0. The van der Waals surface area contributed by atoms with Crippen LogP contribution in [-0.4, -0.2) is 76.7 Å². The molecule has 7 N–H and O–H groups in total. The molecule has 1 heterocycles. The molecule has 0 aliphatic carbocycles. The molecule has 1 aliphatic heterocycles. The Morgan fingerprint density at radius 3 is 2.37 bits per heavy atom. The number of nitrogens with one attached hydrogen (secondary N) is 2. The lowest BCUT2D eigenvalue weighted by Gasteiger charge is -2.30. The zero-order valence-electron chi connectivity index (χ0n) is 17.7. The highest BCUT2D eigenvalue weighted by atomic mass is 32.1. The summed E-state index contributed by atoms with van der Waals surface area (Å²) in [6, 6.07) is -3.52. The third-order valence-electron chi connectivity index (χ3n) is 5.16. The van der Waals surface area contributed by atoms with Crippen LogP contribution < -0.4 is 22.1 Å². The summed E-state index contributed by atoms with van der Waals surface area (Å²) in [7, 11) is 0. The summed E-state index contributed by atoms with van der Waals surface area (Å²) in [6.45, 7) is 4.33. The summed E-state index contributed by atoms with van der Waals surface area (Å²) in [5.74, 6) is -2.64. The van der Waals surface area contributed by atoms with E-state index in [0.29, 0.717) is 45.2 Å². The van der Waals surface area contributed by atoms with Gasteiger partial charge < -0.3 is 32.1 Å². The molecule has 0 radical (unpaired) electrons. The second-order valence-corrected chi connectivity index (χ2v) is 8.26. The molecule has 0 bridgehead atoms. The van der Waals surface area contributed by atoms with E-state index in [1.54, 1.807) is 13.8 Å². The van der Waals surface area contributed by atoms with Crippen molar-refractivity contribution in [2.75, 3.05) is 18.8 Å². The van der Waals surface area contributed by atoms with E-state index in [9.17, 15) is 24.3 Å². The number of nitrogens with zero attached hydrogens (tertiary/aromatic N) is 1. The van der Waals surface area contributed by atoms with E-state index < -0.39 is 47.9 Å². The molecule has 4 atom stereocenters. The van der Waals surface area contributed by atoms with Crippen molar-refractivity contribution in [3.05, 3.63) is 0 Å². The summed E-state index contributed by atoms with van der Waals surface area (Å²) in [5.41, 5.74) is 11.2. The standard InChI is InChI=1S/C19H35N5O5S/c1-11(2)15(18(27)24-9-5-7-14(24)19(28)29)23-17(26)13(6-3-4-8-20)22-16(25)12(21)10-30/h11-15,30H,3-10,20-21H2,1-2H3,(H,22,25)(H,23,26)(H,28,29). The summed E-state index contributed by atoms with van der Waals surface area (Å²) < 4.78 is 0. The lowest BCUT2D eigenvalue weighted by Crippen LogP contribution is -2.58. The van der Waals surface area contributed by atoms with Gasteiger partial charge in [-0.1, -0.05) is 13.8 Å². The van der Waals surface area contributed by atoms with Gasteiger partial charge in [0, 0.05) is 12.3 Å². The molecule has 1 rings (SSSR count). The molecule has 3 amide bonds. The first kappa shape index (κ1) is 26.2. The van der Waals surface area contributed by atoms with Crippen LogP contribution >= 0.6 is 12.6 Å². The van der Waals surface area contributed by atoms with Gasteiger partial charge in [0.15, 0.2) is 0 Å². The van der Waals surface area contributed by atoms with Crippen LogP contribution in [0.2, 0.25) is 0 Å². The van der Waals surface area contributed by atoms with Crippen molar-refractivity contribution in [3.8, 4) is 0 Å². The third-order valence-corrected chi connectivity index (χ3v) is 5.56. The number of thiol groups is 1. The number of nitrogens with two attached hydrogens (primary N) is 2. The van der Waals surface area contributed by atoms with E-state index in [1.165, 1.54) is 4.90 Å². The highest BCUT2D eigenvalue weighted by Gasteiger charge is 2.39. The van der Waals surface area contributed by atoms with Gasteiger partial charge in [0.1, 0.15) is 18.1 Å². The number of carboxylic acids is 1. The van der Waals surface area contributed by atoms with Gasteiger partial charge in [-0.15, -0.1) is 0 Å². The Labute approximate surface area is 182 Å². The minimum Gasteiger partial charge on any atom is -0.480 e. The number of carboxylic acid groups (broad SMARTS) is 1. The van der Waals surface area contributed by atoms with E-state index in [2.05, 4.69) is 23.3 Å². The van der Waals surface area contributed by atoms with E-state index in [1.807, 2.05) is 0 Å². The molecule has 172 valence electrons. The minimum atomic E-state index is -1.05. The zero-order chi connectivity index (χ0) is 22.8. The van der Waals surface area contributed by atoms with Crippen molar-refractivity contribution in [2.45, 2.75) is 70.1 Å². The van der Waals surface area contributed by atoms with Crippen LogP contribution in [0.3, 0.4) is 0 Å². The normalized spacial score (nSPS) is 19.3. The second kappa shape index (κ2) is 12.8. The lowest BCUT2D eigenvalue weighted by atomic mass is 10.0. The maximum Gasteiger partial charge on any atom is 0.326 e. The predicted molar refractivity (Wildman–Crippen MR) is 116 cm³/mol. The van der Waals surface area contributed by atoms with Crippen molar-refractivity contribution in [1.82, 2.24) is 15.5 Å². The van der Waals surface area contributed by atoms with Crippen LogP contribution in [0.15, 0.2) is 0 Å². The lowest BCUT2D eigenvalue weighted by molar-refractivity contribution is -0.150. The molecule has 10 nitrogen and oxygen atoms in total. The zero-order valence-corrected chi connectivity index (χ0v) is 18.6. The first-order chi connectivity index (χ1) is 14.1. The van der Waals surface area contributed by atoms with Crippen molar-refractivity contribution in [1.29, 1.82) is 0 Å². The summed E-state index contributed by atoms with van der Waals surface area (Å²) >= 11 is 4.00. The van der Waals surface area contributed by atoms with Crippen LogP contribution in [0.4, 0.5) is 0 Å². The molecule has 11 heteroatoms. The Hall–Kier alpha value is -1.85. The number of hydrogen-bond acceptors (Lipinski definition) is 7. The van der Waals surface area contributed by atoms with Crippen molar-refractivity contribution >= 4 is 36.3 Å². The maximum atomic E-state index is 13.0. The van der Waals surface area contributed by atoms with Gasteiger partial charge in [-0.3, -0.25) is 14.4 Å². The largest absolute Gasteiger partial charge is 0.480 e. The van der Waals surface area contributed by atoms with Gasteiger partial charge >= 0.3 is 5.97 Å². The molecule has 1 saturated heterocycles. The van der Waals surface area contributed by atoms with Crippen molar-refractivity contribution < 1.29 is 24.3 Å². The van der Waals surface area contributed by atoms with Crippen LogP contribution in [0.25, 0.3) is 0 Å². The van der Waals surface area contributed by atoms with E-state index in [-0.39, 0.29) is 11.7 Å². The van der Waals surface area contributed by atoms with Gasteiger partial charge in [0.2, 0.25) is 17.7 Å². The summed E-state index contributed by atoms with van der Waals surface area (Å²) in [4.78, 5) is 50.9. The summed E-state index contributed by atoms with van der Waals surface area (Å²) in [5, 5.41) is 14.7. The molecule has 4 unspecified atom stereocenters. The van der Waals surface area contributed by atoms with E-state index >= 15 is 0 Å². The van der Waals surface area contributed by atoms with Crippen molar-refractivity contribution in [3.63, 3.8) is 0 Å². The SMILES string of the molecule is CC(C)C(NC(=O)C(CCCCN)NC(=O)C(N)CS)C(=O)N1CCCC1C(=O)O. The van der Waals surface area contributed by atoms with Crippen molar-refractivity contribution in [2.24, 2.45) is 17.4 Å². The van der Waals surface area contributed by atoms with Gasteiger partial charge in [-0.25, -0.2) is 4.79 Å². The number of amides is 3. The second-order valence-electron chi connectivity index (χ2n) is 7.89. The first-order valence-electron chi connectivity index (χ1n) is 10.3. The number of carbonyl (C=O) groups excluding carboxylic acids is 3. The smallest absolute Gasteiger partial charge is 0.326 e. The quantitative estimate of drug-likeness (QED) is 0.167. The van der Waals surface area contributed by atoms with E-state index in [4.69, 9.17) is 11.5 Å². The number of aliphatic carboxylic acids is 1. The number of carbonyl (C=O) groups is 4. The van der Waals surface area contributed by atoms with Crippen LogP contribution in [0, 0.1) is 5.92 Å². The third kappa shape index (κ3) is 7.44. The summed E-state index contributed by atoms with van der Waals surface area (Å²) in [6.07, 6.45) is 2.62. The van der Waals surface area contributed by atoms with Crippen LogP contribution in [0.5, 0.6) is 0 Å². The van der Waals surface area contributed by atoms with Crippen LogP contribution in [0.1, 0.15) is 46.0 Å². The van der Waals surface area contributed by atoms with Gasteiger partial charge in [-0.05, 0) is 44.6 Å². The predicted octanol–water partition coefficient (Wildman–Crippen LogP) is -0.926. The monoisotopic (exact) mass is 445 g/mol. The topological polar surface area (TPSA) is 168 Å². The van der Waals surface area contributed by atoms with Crippen LogP contribution in [-0.2, 0) is 19.2 Å². The molecule has 1 fully saturated rings. The van der Waals surface area contributed by atoms with E-state index in [0.717, 1.165) is 0 Å². The molecule has 0 spiro atoms. The number of hydrogen-bond donors (Lipinski definition) is 6. The first-order valence-corrected chi connectivity index (χ1v) is 11.0. The highest BCUT2D eigenvalue weighted by molar-refractivity contribution is 7.80. The molecular formula is C19H35N5O5S. The number of unbranched alkanes of at least 4 members (excludes halogenated alkanes) is 1. The molecule has 1 aliphatic rings. The number of rotatable bonds is 12. The minimum absolute atomic E-state index is 0.127. The average molecular weight is 446 g/mol. The number of likely N-dealkylation sites (tertiary alicyclic amines) is 1. The Morgan fingerprint density at radius 2 is 1.83 bits per heavy atom. The Bertz CT molecular complexity index is 618. The molecule has 0 aromatic carbocycles. The molecule has 30 heavy (non-hydrogen) atoms. The molecule has 0 aromatic heterocycles. The fourth-order valence-electron chi connectivity index (χ4n) is 3.36. The Morgan fingerprint density at radius 1 is 1.17 bits per heavy atom. The highest BCUT2D eigenvalue weighted by Crippen LogP contribution is 2.20. The molecule has 0 aromatic rings. The Balaban J connectivity index is 2.93. The van der Waals surface area contributed by atoms with Gasteiger partial charge in [0.25, 0.3) is 0 Å². The average Bonchev–Trinajstić information content (AvgIpc) is 3.19. The molecule has 0 saturated carbocycles. The molecular weight excluding hydrogens is 410 g/mol. The van der Waals surface area contributed by atoms with Gasteiger partial charge in [-0.2, -0.15) is 12.6 Å². The fraction of sp³-hybridized carbons (Fsp3) is 0.789. The van der Waals surface area contributed by atoms with Gasteiger partial charge in [0.05, 0.1) is 6.04 Å². The Kier molecular flexibility index (Phi) is 11.1.